The van der Waals surface area contributed by atoms with Crippen LogP contribution in [0.25, 0.3) is 0 Å². The molecule has 100 valence electrons. The molecule has 2 rings (SSSR count). The fourth-order valence-electron chi connectivity index (χ4n) is 1.87. The average molecular weight is 264 g/mol. The predicted molar refractivity (Wildman–Crippen MR) is 68.8 cm³/mol. The zero-order chi connectivity index (χ0) is 13.8. The van der Waals surface area contributed by atoms with Gasteiger partial charge in [0.15, 0.2) is 0 Å². The minimum Gasteiger partial charge on any atom is -0.398 e. The summed E-state index contributed by atoms with van der Waals surface area (Å²) in [6, 6.07) is 4.31. The zero-order valence-electron chi connectivity index (χ0n) is 10.1. The topological polar surface area (TPSA) is 77.0 Å². The number of halogens is 2. The quantitative estimate of drug-likeness (QED) is 0.580. The van der Waals surface area contributed by atoms with E-state index >= 15 is 0 Å². The molecule has 6 heteroatoms. The van der Waals surface area contributed by atoms with Crippen LogP contribution < -0.4 is 17.0 Å². The Morgan fingerprint density at radius 1 is 1.26 bits per heavy atom. The van der Waals surface area contributed by atoms with Crippen LogP contribution in [0.3, 0.4) is 0 Å². The maximum Gasteiger partial charge on any atom is 0.128 e. The van der Waals surface area contributed by atoms with Gasteiger partial charge in [0, 0.05) is 23.6 Å². The van der Waals surface area contributed by atoms with Crippen LogP contribution in [-0.2, 0) is 6.42 Å². The molecule has 5 N–H and O–H groups in total. The molecule has 0 bridgehead atoms. The molecule has 0 aliphatic heterocycles. The molecule has 1 aromatic heterocycles. The average Bonchev–Trinajstić information content (AvgIpc) is 2.41. The first-order valence-corrected chi connectivity index (χ1v) is 5.71. The largest absolute Gasteiger partial charge is 0.398 e. The summed E-state index contributed by atoms with van der Waals surface area (Å²) in [5, 5.41) is 0. The fourth-order valence-corrected chi connectivity index (χ4v) is 1.87. The van der Waals surface area contributed by atoms with Crippen molar-refractivity contribution in [1.29, 1.82) is 0 Å². The lowest BCUT2D eigenvalue weighted by Crippen LogP contribution is -2.30. The Balaban J connectivity index is 2.30. The normalized spacial score (nSPS) is 12.4. The number of anilines is 1. The zero-order valence-corrected chi connectivity index (χ0v) is 10.1. The van der Waals surface area contributed by atoms with Gasteiger partial charge in [0.1, 0.15) is 11.6 Å². The van der Waals surface area contributed by atoms with Crippen LogP contribution in [0.4, 0.5) is 14.5 Å². The van der Waals surface area contributed by atoms with Gasteiger partial charge in [0.2, 0.25) is 0 Å². The summed E-state index contributed by atoms with van der Waals surface area (Å²) in [6.07, 6.45) is 3.46. The Labute approximate surface area is 109 Å². The molecule has 1 heterocycles. The fraction of sp³-hybridized carbons (Fsp3) is 0.154. The Kier molecular flexibility index (Phi) is 4.03. The summed E-state index contributed by atoms with van der Waals surface area (Å²) in [4.78, 5) is 3.95. The molecule has 1 atom stereocenters. The van der Waals surface area contributed by atoms with Crippen molar-refractivity contribution in [3.8, 4) is 0 Å². The third-order valence-corrected chi connectivity index (χ3v) is 2.90. The maximum atomic E-state index is 13.7. The Bertz CT molecular complexity index is 574. The Morgan fingerprint density at radius 3 is 2.74 bits per heavy atom. The first-order chi connectivity index (χ1) is 9.11. The molecule has 4 nitrogen and oxygen atoms in total. The molecule has 19 heavy (non-hydrogen) atoms. The van der Waals surface area contributed by atoms with E-state index in [0.717, 1.165) is 18.2 Å². The standard InChI is InChI=1S/C13H14F2N4/c14-9-1-2-11(15)10(6-9)13(19-17)5-8-7-18-4-3-12(8)16/h1-4,6-7,13,19H,5,17H2,(H2,16,18). The summed E-state index contributed by atoms with van der Waals surface area (Å²) in [7, 11) is 0. The van der Waals surface area contributed by atoms with E-state index in [0.29, 0.717) is 17.7 Å². The van der Waals surface area contributed by atoms with E-state index in [1.54, 1.807) is 18.5 Å². The molecule has 1 unspecified atom stereocenters. The van der Waals surface area contributed by atoms with E-state index in [2.05, 4.69) is 10.4 Å². The molecule has 0 aliphatic carbocycles. The molecule has 0 aliphatic rings. The van der Waals surface area contributed by atoms with Crippen LogP contribution in [0.2, 0.25) is 0 Å². The van der Waals surface area contributed by atoms with E-state index in [1.807, 2.05) is 0 Å². The molecule has 0 saturated heterocycles. The Hall–Kier alpha value is -2.05. The number of benzene rings is 1. The highest BCUT2D eigenvalue weighted by molar-refractivity contribution is 5.45. The Morgan fingerprint density at radius 2 is 2.05 bits per heavy atom. The van der Waals surface area contributed by atoms with Crippen molar-refractivity contribution in [1.82, 2.24) is 10.4 Å². The second-order valence-corrected chi connectivity index (χ2v) is 4.16. The second-order valence-electron chi connectivity index (χ2n) is 4.16. The molecular formula is C13H14F2N4. The monoisotopic (exact) mass is 264 g/mol. The third kappa shape index (κ3) is 3.04. The van der Waals surface area contributed by atoms with Crippen molar-refractivity contribution in [3.63, 3.8) is 0 Å². The van der Waals surface area contributed by atoms with E-state index in [1.165, 1.54) is 0 Å². The number of hydrogen-bond acceptors (Lipinski definition) is 4. The van der Waals surface area contributed by atoms with Crippen molar-refractivity contribution in [2.45, 2.75) is 12.5 Å². The van der Waals surface area contributed by atoms with Crippen LogP contribution in [0.1, 0.15) is 17.2 Å². The van der Waals surface area contributed by atoms with Gasteiger partial charge in [0.25, 0.3) is 0 Å². The highest BCUT2D eigenvalue weighted by atomic mass is 19.1. The number of rotatable bonds is 4. The molecule has 1 aromatic carbocycles. The van der Waals surface area contributed by atoms with Crippen molar-refractivity contribution < 1.29 is 8.78 Å². The van der Waals surface area contributed by atoms with Crippen molar-refractivity contribution in [2.24, 2.45) is 5.84 Å². The second kappa shape index (κ2) is 5.73. The SMILES string of the molecule is NNC(Cc1cnccc1N)c1cc(F)ccc1F. The number of aromatic nitrogens is 1. The highest BCUT2D eigenvalue weighted by Crippen LogP contribution is 2.23. The van der Waals surface area contributed by atoms with Crippen molar-refractivity contribution >= 4 is 5.69 Å². The molecular weight excluding hydrogens is 250 g/mol. The molecule has 0 radical (unpaired) electrons. The minimum absolute atomic E-state index is 0.158. The number of nitrogens with zero attached hydrogens (tertiary/aromatic N) is 1. The number of pyridine rings is 1. The van der Waals surface area contributed by atoms with Gasteiger partial charge in [-0.1, -0.05) is 0 Å². The van der Waals surface area contributed by atoms with Gasteiger partial charge in [0.05, 0.1) is 6.04 Å². The first kappa shape index (κ1) is 13.4. The molecule has 0 saturated carbocycles. The lowest BCUT2D eigenvalue weighted by molar-refractivity contribution is 0.502. The van der Waals surface area contributed by atoms with E-state index in [-0.39, 0.29) is 5.56 Å². The van der Waals surface area contributed by atoms with E-state index in [9.17, 15) is 8.78 Å². The first-order valence-electron chi connectivity index (χ1n) is 5.71. The van der Waals surface area contributed by atoms with Crippen LogP contribution in [0.15, 0.2) is 36.7 Å². The van der Waals surface area contributed by atoms with E-state index < -0.39 is 17.7 Å². The minimum atomic E-state index is -0.581. The molecule has 2 aromatic rings. The maximum absolute atomic E-state index is 13.7. The van der Waals surface area contributed by atoms with Crippen molar-refractivity contribution in [2.75, 3.05) is 5.73 Å². The lowest BCUT2D eigenvalue weighted by Gasteiger charge is -2.18. The summed E-state index contributed by atoms with van der Waals surface area (Å²) in [6.45, 7) is 0. The number of nitrogen functional groups attached to an aromatic ring is 1. The predicted octanol–water partition coefficient (Wildman–Crippen LogP) is 1.69. The number of nitrogens with two attached hydrogens (primary N) is 2. The summed E-state index contributed by atoms with van der Waals surface area (Å²) < 4.78 is 26.9. The highest BCUT2D eigenvalue weighted by Gasteiger charge is 2.17. The van der Waals surface area contributed by atoms with Crippen LogP contribution in [0.5, 0.6) is 0 Å². The van der Waals surface area contributed by atoms with Gasteiger partial charge in [-0.15, -0.1) is 0 Å². The van der Waals surface area contributed by atoms with Crippen molar-refractivity contribution in [3.05, 3.63) is 59.4 Å². The van der Waals surface area contributed by atoms with Gasteiger partial charge in [-0.3, -0.25) is 16.3 Å². The summed E-state index contributed by atoms with van der Waals surface area (Å²) in [5.74, 6) is 4.38. The van der Waals surface area contributed by atoms with Gasteiger partial charge >= 0.3 is 0 Å². The summed E-state index contributed by atoms with van der Waals surface area (Å²) >= 11 is 0. The van der Waals surface area contributed by atoms with Gasteiger partial charge < -0.3 is 5.73 Å². The lowest BCUT2D eigenvalue weighted by atomic mass is 9.99. The molecule has 0 spiro atoms. The van der Waals surface area contributed by atoms with Gasteiger partial charge in [-0.05, 0) is 36.2 Å². The van der Waals surface area contributed by atoms with E-state index in [4.69, 9.17) is 11.6 Å². The number of hydrogen-bond donors (Lipinski definition) is 3. The van der Waals surface area contributed by atoms with Gasteiger partial charge in [-0.2, -0.15) is 0 Å². The smallest absolute Gasteiger partial charge is 0.128 e. The molecule has 0 fully saturated rings. The summed E-state index contributed by atoms with van der Waals surface area (Å²) in [5.41, 5.74) is 9.67. The number of hydrazine groups is 1. The van der Waals surface area contributed by atoms with Crippen LogP contribution in [-0.4, -0.2) is 4.98 Å². The third-order valence-electron chi connectivity index (χ3n) is 2.90. The molecule has 0 amide bonds. The van der Waals surface area contributed by atoms with Gasteiger partial charge in [-0.25, -0.2) is 8.78 Å². The van der Waals surface area contributed by atoms with Crippen LogP contribution in [0, 0.1) is 11.6 Å². The van der Waals surface area contributed by atoms with Crippen LogP contribution >= 0.6 is 0 Å². The number of nitrogens with one attached hydrogen (secondary N) is 1.